The number of halogens is 1. The van der Waals surface area contributed by atoms with Gasteiger partial charge in [-0.05, 0) is 47.9 Å². The molecule has 0 spiro atoms. The average molecular weight is 207 g/mol. The van der Waals surface area contributed by atoms with Crippen LogP contribution in [0.5, 0.6) is 0 Å². The number of rotatable bonds is 2. The smallest absolute Gasteiger partial charge is 0.126 e. The Bertz CT molecular complexity index is 384. The molecule has 0 bridgehead atoms. The van der Waals surface area contributed by atoms with Gasteiger partial charge in [0.25, 0.3) is 0 Å². The molecule has 0 unspecified atom stereocenters. The molecule has 0 saturated heterocycles. The van der Waals surface area contributed by atoms with E-state index in [1.807, 2.05) is 12.1 Å². The predicted molar refractivity (Wildman–Crippen MR) is 60.2 cm³/mol. The second-order valence-corrected chi connectivity index (χ2v) is 5.15. The Hall–Kier alpha value is -0.890. The lowest BCUT2D eigenvalue weighted by atomic mass is 10.0. The molecule has 0 amide bonds. The molecule has 1 aromatic rings. The van der Waals surface area contributed by atoms with E-state index in [9.17, 15) is 4.39 Å². The summed E-state index contributed by atoms with van der Waals surface area (Å²) in [5, 5.41) is 0. The fraction of sp³-hybridized carbons (Fsp3) is 0.538. The molecule has 0 aliphatic heterocycles. The SMILES string of the molecule is Cc1ccc([C@H]2[C@H](CN)C2(C)C)cc1F. The highest BCUT2D eigenvalue weighted by atomic mass is 19.1. The molecule has 1 aromatic carbocycles. The minimum atomic E-state index is -0.106. The van der Waals surface area contributed by atoms with Crippen LogP contribution in [0.2, 0.25) is 0 Å². The molecule has 1 aliphatic carbocycles. The molecule has 15 heavy (non-hydrogen) atoms. The van der Waals surface area contributed by atoms with Gasteiger partial charge in [0.1, 0.15) is 5.82 Å². The van der Waals surface area contributed by atoms with Gasteiger partial charge < -0.3 is 5.73 Å². The summed E-state index contributed by atoms with van der Waals surface area (Å²) in [6.07, 6.45) is 0. The summed E-state index contributed by atoms with van der Waals surface area (Å²) in [5.74, 6) is 0.822. The van der Waals surface area contributed by atoms with Gasteiger partial charge in [-0.3, -0.25) is 0 Å². The van der Waals surface area contributed by atoms with Gasteiger partial charge in [0.2, 0.25) is 0 Å². The van der Waals surface area contributed by atoms with Crippen molar-refractivity contribution >= 4 is 0 Å². The normalized spacial score (nSPS) is 27.8. The van der Waals surface area contributed by atoms with Crippen LogP contribution in [0, 0.1) is 24.1 Å². The van der Waals surface area contributed by atoms with E-state index in [2.05, 4.69) is 13.8 Å². The zero-order chi connectivity index (χ0) is 11.2. The summed E-state index contributed by atoms with van der Waals surface area (Å²) in [4.78, 5) is 0. The van der Waals surface area contributed by atoms with Crippen molar-refractivity contribution in [3.8, 4) is 0 Å². The van der Waals surface area contributed by atoms with E-state index >= 15 is 0 Å². The van der Waals surface area contributed by atoms with Crippen molar-refractivity contribution in [1.29, 1.82) is 0 Å². The van der Waals surface area contributed by atoms with E-state index in [0.717, 1.165) is 5.56 Å². The minimum Gasteiger partial charge on any atom is -0.330 e. The molecular weight excluding hydrogens is 189 g/mol. The number of benzene rings is 1. The van der Waals surface area contributed by atoms with Crippen molar-refractivity contribution in [2.45, 2.75) is 26.7 Å². The summed E-state index contributed by atoms with van der Waals surface area (Å²) in [7, 11) is 0. The van der Waals surface area contributed by atoms with E-state index in [1.54, 1.807) is 13.0 Å². The average Bonchev–Trinajstić information content (AvgIpc) is 2.73. The number of hydrogen-bond donors (Lipinski definition) is 1. The molecule has 2 N–H and O–H groups in total. The first-order valence-corrected chi connectivity index (χ1v) is 5.44. The van der Waals surface area contributed by atoms with Crippen LogP contribution in [0.1, 0.15) is 30.9 Å². The molecule has 2 rings (SSSR count). The van der Waals surface area contributed by atoms with Crippen LogP contribution in [0.4, 0.5) is 4.39 Å². The number of aryl methyl sites for hydroxylation is 1. The maximum atomic E-state index is 13.4. The van der Waals surface area contributed by atoms with Crippen molar-refractivity contribution in [3.63, 3.8) is 0 Å². The molecular formula is C13H18FN. The van der Waals surface area contributed by atoms with Crippen LogP contribution < -0.4 is 5.73 Å². The standard InChI is InChI=1S/C13H18FN/c1-8-4-5-9(6-11(8)14)12-10(7-15)13(12,2)3/h4-6,10,12H,7,15H2,1-3H3/t10-,12-/m0/s1. The van der Waals surface area contributed by atoms with E-state index in [-0.39, 0.29) is 11.2 Å². The molecule has 1 nitrogen and oxygen atoms in total. The van der Waals surface area contributed by atoms with E-state index in [4.69, 9.17) is 5.73 Å². The lowest BCUT2D eigenvalue weighted by Crippen LogP contribution is -2.05. The lowest BCUT2D eigenvalue weighted by molar-refractivity contribution is 0.558. The lowest BCUT2D eigenvalue weighted by Gasteiger charge is -2.04. The van der Waals surface area contributed by atoms with Crippen molar-refractivity contribution < 1.29 is 4.39 Å². The Morgan fingerprint density at radius 1 is 1.40 bits per heavy atom. The van der Waals surface area contributed by atoms with Crippen LogP contribution >= 0.6 is 0 Å². The third kappa shape index (κ3) is 1.57. The van der Waals surface area contributed by atoms with E-state index < -0.39 is 0 Å². The van der Waals surface area contributed by atoms with Crippen molar-refractivity contribution in [1.82, 2.24) is 0 Å². The zero-order valence-corrected chi connectivity index (χ0v) is 9.55. The second kappa shape index (κ2) is 3.31. The van der Waals surface area contributed by atoms with Crippen LogP contribution in [0.3, 0.4) is 0 Å². The van der Waals surface area contributed by atoms with Gasteiger partial charge in [-0.2, -0.15) is 0 Å². The predicted octanol–water partition coefficient (Wildman–Crippen LogP) is 2.83. The Morgan fingerprint density at radius 3 is 2.53 bits per heavy atom. The first-order chi connectivity index (χ1) is 6.98. The zero-order valence-electron chi connectivity index (χ0n) is 9.55. The van der Waals surface area contributed by atoms with Gasteiger partial charge in [-0.25, -0.2) is 4.39 Å². The topological polar surface area (TPSA) is 26.0 Å². The summed E-state index contributed by atoms with van der Waals surface area (Å²) in [6.45, 7) is 6.88. The summed E-state index contributed by atoms with van der Waals surface area (Å²) < 4.78 is 13.4. The first kappa shape index (κ1) is 10.6. The Morgan fingerprint density at radius 2 is 2.07 bits per heavy atom. The van der Waals surface area contributed by atoms with Crippen molar-refractivity contribution in [3.05, 3.63) is 35.1 Å². The van der Waals surface area contributed by atoms with Crippen LogP contribution in [-0.2, 0) is 0 Å². The van der Waals surface area contributed by atoms with E-state index in [0.29, 0.717) is 23.9 Å². The molecule has 2 heteroatoms. The van der Waals surface area contributed by atoms with E-state index in [1.165, 1.54) is 0 Å². The van der Waals surface area contributed by atoms with Crippen LogP contribution in [0.25, 0.3) is 0 Å². The van der Waals surface area contributed by atoms with Crippen molar-refractivity contribution in [2.24, 2.45) is 17.1 Å². The molecule has 1 aliphatic rings. The van der Waals surface area contributed by atoms with Crippen LogP contribution in [0.15, 0.2) is 18.2 Å². The summed E-state index contributed by atoms with van der Waals surface area (Å²) >= 11 is 0. The second-order valence-electron chi connectivity index (χ2n) is 5.15. The van der Waals surface area contributed by atoms with Gasteiger partial charge in [-0.15, -0.1) is 0 Å². The maximum Gasteiger partial charge on any atom is 0.126 e. The minimum absolute atomic E-state index is 0.106. The highest BCUT2D eigenvalue weighted by Crippen LogP contribution is 2.63. The van der Waals surface area contributed by atoms with Gasteiger partial charge >= 0.3 is 0 Å². The monoisotopic (exact) mass is 207 g/mol. The molecule has 0 heterocycles. The first-order valence-electron chi connectivity index (χ1n) is 5.44. The van der Waals surface area contributed by atoms with Gasteiger partial charge in [0.15, 0.2) is 0 Å². The molecule has 0 aromatic heterocycles. The summed E-state index contributed by atoms with van der Waals surface area (Å²) in [5.41, 5.74) is 7.75. The third-order valence-corrected chi connectivity index (χ3v) is 3.86. The fourth-order valence-corrected chi connectivity index (χ4v) is 2.65. The highest BCUT2D eigenvalue weighted by Gasteiger charge is 2.57. The Labute approximate surface area is 90.5 Å². The quantitative estimate of drug-likeness (QED) is 0.793. The van der Waals surface area contributed by atoms with Crippen LogP contribution in [-0.4, -0.2) is 6.54 Å². The highest BCUT2D eigenvalue weighted by molar-refractivity contribution is 5.34. The molecule has 0 radical (unpaired) electrons. The third-order valence-electron chi connectivity index (χ3n) is 3.86. The van der Waals surface area contributed by atoms with Gasteiger partial charge in [0.05, 0.1) is 0 Å². The molecule has 1 fully saturated rings. The van der Waals surface area contributed by atoms with Gasteiger partial charge in [0, 0.05) is 0 Å². The number of nitrogens with two attached hydrogens (primary N) is 1. The van der Waals surface area contributed by atoms with Gasteiger partial charge in [-0.1, -0.05) is 26.0 Å². The fourth-order valence-electron chi connectivity index (χ4n) is 2.65. The number of hydrogen-bond acceptors (Lipinski definition) is 1. The maximum absolute atomic E-state index is 13.4. The Kier molecular flexibility index (Phi) is 2.34. The molecule has 2 atom stereocenters. The molecule has 1 saturated carbocycles. The molecule has 82 valence electrons. The Balaban J connectivity index is 2.29. The largest absolute Gasteiger partial charge is 0.330 e. The van der Waals surface area contributed by atoms with Crippen molar-refractivity contribution in [2.75, 3.05) is 6.54 Å². The summed E-state index contributed by atoms with van der Waals surface area (Å²) in [6, 6.07) is 5.55.